The van der Waals surface area contributed by atoms with Crippen LogP contribution in [0, 0.1) is 5.41 Å². The van der Waals surface area contributed by atoms with E-state index in [1.54, 1.807) is 23.2 Å². The van der Waals surface area contributed by atoms with Gasteiger partial charge in [-0.1, -0.05) is 0 Å². The van der Waals surface area contributed by atoms with Crippen molar-refractivity contribution in [3.05, 3.63) is 41.6 Å². The smallest absolute Gasteiger partial charge is 0.410 e. The van der Waals surface area contributed by atoms with E-state index in [2.05, 4.69) is 10.3 Å². The van der Waals surface area contributed by atoms with Crippen LogP contribution in [0.4, 0.5) is 19.3 Å². The quantitative estimate of drug-likeness (QED) is 0.513. The molecule has 8 heteroatoms. The third-order valence-corrected chi connectivity index (χ3v) is 7.58. The number of hydrogen-bond donors (Lipinski definition) is 1. The molecule has 3 heterocycles. The molecule has 3 aliphatic rings. The maximum atomic E-state index is 13.8. The highest BCUT2D eigenvalue weighted by Gasteiger charge is 2.48. The monoisotopic (exact) mass is 499 g/mol. The first-order valence-electron chi connectivity index (χ1n) is 12.9. The Bertz CT molecular complexity index is 1100. The molecule has 1 N–H and O–H groups in total. The lowest BCUT2D eigenvalue weighted by molar-refractivity contribution is -0.0596. The van der Waals surface area contributed by atoms with Crippen molar-refractivity contribution in [2.75, 3.05) is 25.0 Å². The number of aryl methyl sites for hydroxylation is 1. The summed E-state index contributed by atoms with van der Waals surface area (Å²) < 4.78 is 39.2. The summed E-state index contributed by atoms with van der Waals surface area (Å²) in [7, 11) is 0. The Kier molecular flexibility index (Phi) is 6.55. The number of likely N-dealkylation sites (tertiary alicyclic amines) is 1. The van der Waals surface area contributed by atoms with Crippen LogP contribution in [0.1, 0.15) is 70.4 Å². The number of pyridine rings is 1. The number of carbonyl (C=O) groups is 1. The summed E-state index contributed by atoms with van der Waals surface area (Å²) >= 11 is 0. The molecule has 1 spiro atoms. The number of halogens is 2. The van der Waals surface area contributed by atoms with Crippen molar-refractivity contribution in [2.24, 2.45) is 5.41 Å². The summed E-state index contributed by atoms with van der Waals surface area (Å²) in [5.74, 6) is 0.517. The van der Waals surface area contributed by atoms with Crippen LogP contribution in [0.5, 0.6) is 5.88 Å². The molecule has 2 aliphatic heterocycles. The number of carbonyl (C=O) groups excluding carboxylic acids is 1. The van der Waals surface area contributed by atoms with Crippen LogP contribution in [0.3, 0.4) is 0 Å². The Morgan fingerprint density at radius 2 is 1.94 bits per heavy atom. The first kappa shape index (κ1) is 24.8. The zero-order valence-electron chi connectivity index (χ0n) is 21.3. The number of alkyl halides is 2. The van der Waals surface area contributed by atoms with Crippen molar-refractivity contribution in [3.8, 4) is 17.0 Å². The Labute approximate surface area is 211 Å². The highest BCUT2D eigenvalue weighted by atomic mass is 19.3. The van der Waals surface area contributed by atoms with Gasteiger partial charge in [-0.25, -0.2) is 18.6 Å². The van der Waals surface area contributed by atoms with Gasteiger partial charge in [-0.15, -0.1) is 0 Å². The largest absolute Gasteiger partial charge is 0.474 e. The molecule has 0 bridgehead atoms. The number of ether oxygens (including phenoxy) is 2. The molecule has 1 aliphatic carbocycles. The predicted octanol–water partition coefficient (Wildman–Crippen LogP) is 6.60. The van der Waals surface area contributed by atoms with E-state index >= 15 is 0 Å². The van der Waals surface area contributed by atoms with E-state index in [-0.39, 0.29) is 23.2 Å². The van der Waals surface area contributed by atoms with Crippen molar-refractivity contribution in [3.63, 3.8) is 0 Å². The van der Waals surface area contributed by atoms with Gasteiger partial charge in [0.1, 0.15) is 11.7 Å². The van der Waals surface area contributed by atoms with Gasteiger partial charge in [0.2, 0.25) is 5.88 Å². The summed E-state index contributed by atoms with van der Waals surface area (Å²) in [5.41, 5.74) is 2.84. The van der Waals surface area contributed by atoms with E-state index in [9.17, 15) is 13.6 Å². The first-order valence-corrected chi connectivity index (χ1v) is 12.9. The minimum Gasteiger partial charge on any atom is -0.474 e. The average Bonchev–Trinajstić information content (AvgIpc) is 2.82. The number of nitrogens with zero attached hydrogens (tertiary/aromatic N) is 2. The lowest BCUT2D eigenvalue weighted by Gasteiger charge is -2.51. The summed E-state index contributed by atoms with van der Waals surface area (Å²) in [5, 5.41) is 3.23. The molecule has 2 fully saturated rings. The molecule has 194 valence electrons. The Morgan fingerprint density at radius 3 is 2.58 bits per heavy atom. The number of anilines is 1. The van der Waals surface area contributed by atoms with E-state index in [0.717, 1.165) is 56.3 Å². The summed E-state index contributed by atoms with van der Waals surface area (Å²) in [6.07, 6.45) is 4.56. The van der Waals surface area contributed by atoms with Crippen molar-refractivity contribution >= 4 is 11.8 Å². The van der Waals surface area contributed by atoms with E-state index < -0.39 is 12.0 Å². The molecule has 0 atom stereocenters. The number of piperidine rings is 1. The van der Waals surface area contributed by atoms with Crippen LogP contribution in [0.25, 0.3) is 11.1 Å². The molecular weight excluding hydrogens is 464 g/mol. The van der Waals surface area contributed by atoms with Crippen molar-refractivity contribution in [1.29, 1.82) is 0 Å². The van der Waals surface area contributed by atoms with Crippen LogP contribution < -0.4 is 10.1 Å². The zero-order valence-corrected chi connectivity index (χ0v) is 21.3. The topological polar surface area (TPSA) is 63.7 Å². The molecule has 1 aromatic heterocycles. The molecule has 1 saturated carbocycles. The Morgan fingerprint density at radius 1 is 1.19 bits per heavy atom. The second-order valence-electron chi connectivity index (χ2n) is 11.4. The average molecular weight is 500 g/mol. The summed E-state index contributed by atoms with van der Waals surface area (Å²) in [6.45, 7) is 7.87. The molecule has 1 aromatic carbocycles. The van der Waals surface area contributed by atoms with Crippen molar-refractivity contribution < 1.29 is 23.0 Å². The predicted molar refractivity (Wildman–Crippen MR) is 135 cm³/mol. The fourth-order valence-corrected chi connectivity index (χ4v) is 5.63. The van der Waals surface area contributed by atoms with Crippen molar-refractivity contribution in [1.82, 2.24) is 9.88 Å². The lowest BCUT2D eigenvalue weighted by Crippen LogP contribution is -2.52. The second kappa shape index (κ2) is 9.52. The van der Waals surface area contributed by atoms with Gasteiger partial charge in [0, 0.05) is 48.7 Å². The van der Waals surface area contributed by atoms with E-state index in [0.29, 0.717) is 30.1 Å². The third kappa shape index (κ3) is 5.27. The number of hydrogen-bond acceptors (Lipinski definition) is 5. The zero-order chi connectivity index (χ0) is 25.5. The number of benzene rings is 1. The molecular formula is C28H35F2N3O3. The summed E-state index contributed by atoms with van der Waals surface area (Å²) in [6, 6.07) is 7.05. The SMILES string of the molecule is CC(C)(C)OC(=O)N1CCC2(CC1)CC(Oc1ccc(-c3cc4c(cc3C(F)F)NCCC4)cn1)C2. The molecule has 2 aromatic rings. The first-order chi connectivity index (χ1) is 17.1. The van der Waals surface area contributed by atoms with Crippen molar-refractivity contribution in [2.45, 2.75) is 77.4 Å². The molecule has 36 heavy (non-hydrogen) atoms. The highest BCUT2D eigenvalue weighted by Crippen LogP contribution is 2.50. The molecule has 5 rings (SSSR count). The van der Waals surface area contributed by atoms with Crippen LogP contribution in [-0.2, 0) is 11.2 Å². The number of rotatable bonds is 4. The maximum absolute atomic E-state index is 13.8. The molecule has 1 saturated heterocycles. The fraction of sp³-hybridized carbons (Fsp3) is 0.571. The van der Waals surface area contributed by atoms with Gasteiger partial charge in [-0.05, 0) is 94.0 Å². The molecule has 0 unspecified atom stereocenters. The van der Waals surface area contributed by atoms with Crippen LogP contribution >= 0.6 is 0 Å². The van der Waals surface area contributed by atoms with Crippen LogP contribution in [0.2, 0.25) is 0 Å². The highest BCUT2D eigenvalue weighted by molar-refractivity contribution is 5.73. The molecule has 1 amide bonds. The van der Waals surface area contributed by atoms with Crippen LogP contribution in [-0.4, -0.2) is 47.3 Å². The minimum absolute atomic E-state index is 0.0253. The number of fused-ring (bicyclic) bond motifs is 1. The second-order valence-corrected chi connectivity index (χ2v) is 11.4. The van der Waals surface area contributed by atoms with Crippen LogP contribution in [0.15, 0.2) is 30.5 Å². The fourth-order valence-electron chi connectivity index (χ4n) is 5.63. The lowest BCUT2D eigenvalue weighted by atomic mass is 9.61. The number of nitrogens with one attached hydrogen (secondary N) is 1. The van der Waals surface area contributed by atoms with E-state index in [1.807, 2.05) is 32.9 Å². The minimum atomic E-state index is -2.56. The normalized spacial score (nSPS) is 19.4. The van der Waals surface area contributed by atoms with Gasteiger partial charge in [-0.2, -0.15) is 0 Å². The number of aromatic nitrogens is 1. The Balaban J connectivity index is 1.17. The van der Waals surface area contributed by atoms with Gasteiger partial charge < -0.3 is 19.7 Å². The molecule has 0 radical (unpaired) electrons. The molecule has 6 nitrogen and oxygen atoms in total. The standard InChI is InChI=1S/C28H35F2N3O3/c1-27(2,3)36-26(34)33-11-8-28(9-12-33)15-20(16-28)35-24-7-6-19(17-32-24)21-13-18-5-4-10-31-23(18)14-22(21)25(29)30/h6-7,13-14,17,20,25,31H,4-5,8-12,15-16H2,1-3H3. The Hall–Kier alpha value is -2.90. The third-order valence-electron chi connectivity index (χ3n) is 7.58. The maximum Gasteiger partial charge on any atom is 0.410 e. The van der Waals surface area contributed by atoms with E-state index in [4.69, 9.17) is 9.47 Å². The van der Waals surface area contributed by atoms with Gasteiger partial charge in [0.25, 0.3) is 6.43 Å². The summed E-state index contributed by atoms with van der Waals surface area (Å²) in [4.78, 5) is 18.6. The number of amides is 1. The van der Waals surface area contributed by atoms with Gasteiger partial charge in [0.05, 0.1) is 0 Å². The van der Waals surface area contributed by atoms with Gasteiger partial charge in [0.15, 0.2) is 0 Å². The van der Waals surface area contributed by atoms with Gasteiger partial charge in [-0.3, -0.25) is 0 Å². The van der Waals surface area contributed by atoms with Gasteiger partial charge >= 0.3 is 6.09 Å². The van der Waals surface area contributed by atoms with E-state index in [1.165, 1.54) is 0 Å².